The second-order valence-corrected chi connectivity index (χ2v) is 5.17. The highest BCUT2D eigenvalue weighted by Crippen LogP contribution is 2.23. The Morgan fingerprint density at radius 2 is 2.21 bits per heavy atom. The van der Waals surface area contributed by atoms with Gasteiger partial charge in [0.2, 0.25) is 5.91 Å². The van der Waals surface area contributed by atoms with Crippen molar-refractivity contribution in [1.82, 2.24) is 4.98 Å². The van der Waals surface area contributed by atoms with Gasteiger partial charge in [0, 0.05) is 11.2 Å². The van der Waals surface area contributed by atoms with Crippen molar-refractivity contribution in [2.24, 2.45) is 0 Å². The van der Waals surface area contributed by atoms with E-state index in [4.69, 9.17) is 17.3 Å². The molecule has 0 aliphatic carbocycles. The lowest BCUT2D eigenvalue weighted by Gasteiger charge is -2.08. The molecule has 0 aliphatic heterocycles. The zero-order valence-electron chi connectivity index (χ0n) is 9.97. The third kappa shape index (κ3) is 4.15. The van der Waals surface area contributed by atoms with Crippen LogP contribution < -0.4 is 11.1 Å². The SMILES string of the molecule is Nc1cc(Cl)ccc1NC(=O)CSc1ccccn1. The van der Waals surface area contributed by atoms with Crippen LogP contribution in [-0.4, -0.2) is 16.6 Å². The van der Waals surface area contributed by atoms with Gasteiger partial charge in [-0.2, -0.15) is 0 Å². The average Bonchev–Trinajstić information content (AvgIpc) is 2.41. The fourth-order valence-corrected chi connectivity index (χ4v) is 2.25. The number of aromatic nitrogens is 1. The monoisotopic (exact) mass is 293 g/mol. The number of hydrogen-bond donors (Lipinski definition) is 2. The van der Waals surface area contributed by atoms with Crippen molar-refractivity contribution in [2.75, 3.05) is 16.8 Å². The number of carbonyl (C=O) groups excluding carboxylic acids is 1. The Kier molecular flexibility index (Phi) is 4.65. The largest absolute Gasteiger partial charge is 0.397 e. The van der Waals surface area contributed by atoms with Crippen LogP contribution in [0.1, 0.15) is 0 Å². The molecule has 1 aromatic heterocycles. The Balaban J connectivity index is 1.91. The minimum absolute atomic E-state index is 0.135. The molecule has 19 heavy (non-hydrogen) atoms. The molecule has 0 unspecified atom stereocenters. The van der Waals surface area contributed by atoms with Gasteiger partial charge < -0.3 is 11.1 Å². The van der Waals surface area contributed by atoms with Gasteiger partial charge in [-0.05, 0) is 30.3 Å². The summed E-state index contributed by atoms with van der Waals surface area (Å²) in [6.07, 6.45) is 1.69. The molecule has 0 aliphatic rings. The summed E-state index contributed by atoms with van der Waals surface area (Å²) in [5, 5.41) is 4.08. The van der Waals surface area contributed by atoms with Crippen LogP contribution in [0.4, 0.5) is 11.4 Å². The summed E-state index contributed by atoms with van der Waals surface area (Å²) >= 11 is 7.16. The van der Waals surface area contributed by atoms with E-state index in [0.717, 1.165) is 5.03 Å². The molecule has 3 N–H and O–H groups in total. The molecule has 0 radical (unpaired) electrons. The van der Waals surface area contributed by atoms with Crippen LogP contribution in [0, 0.1) is 0 Å². The molecule has 2 aromatic rings. The van der Waals surface area contributed by atoms with Gasteiger partial charge in [0.1, 0.15) is 0 Å². The van der Waals surface area contributed by atoms with Crippen LogP contribution in [-0.2, 0) is 4.79 Å². The molecule has 98 valence electrons. The Bertz CT molecular complexity index is 577. The zero-order valence-corrected chi connectivity index (χ0v) is 11.5. The summed E-state index contributed by atoms with van der Waals surface area (Å²) in [6.45, 7) is 0. The third-order valence-electron chi connectivity index (χ3n) is 2.28. The van der Waals surface area contributed by atoms with Crippen molar-refractivity contribution >= 4 is 40.6 Å². The fraction of sp³-hybridized carbons (Fsp3) is 0.0769. The lowest BCUT2D eigenvalue weighted by atomic mass is 10.2. The molecule has 4 nitrogen and oxygen atoms in total. The lowest BCUT2D eigenvalue weighted by Crippen LogP contribution is -2.15. The van der Waals surface area contributed by atoms with Crippen LogP contribution in [0.5, 0.6) is 0 Å². The van der Waals surface area contributed by atoms with Crippen molar-refractivity contribution in [1.29, 1.82) is 0 Å². The van der Waals surface area contributed by atoms with E-state index in [1.165, 1.54) is 11.8 Å². The number of anilines is 2. The van der Waals surface area contributed by atoms with Crippen LogP contribution in [0.2, 0.25) is 5.02 Å². The molecular formula is C13H12ClN3OS. The second kappa shape index (κ2) is 6.45. The molecule has 0 saturated carbocycles. The number of amides is 1. The number of carbonyl (C=O) groups is 1. The van der Waals surface area contributed by atoms with E-state index in [-0.39, 0.29) is 11.7 Å². The molecule has 1 amide bonds. The van der Waals surface area contributed by atoms with Crippen molar-refractivity contribution in [2.45, 2.75) is 5.03 Å². The van der Waals surface area contributed by atoms with Gasteiger partial charge >= 0.3 is 0 Å². The number of halogens is 1. The van der Waals surface area contributed by atoms with Crippen LogP contribution in [0.25, 0.3) is 0 Å². The van der Waals surface area contributed by atoms with E-state index < -0.39 is 0 Å². The van der Waals surface area contributed by atoms with Crippen molar-refractivity contribution < 1.29 is 4.79 Å². The van der Waals surface area contributed by atoms with Gasteiger partial charge in [0.15, 0.2) is 0 Å². The number of pyridine rings is 1. The first kappa shape index (κ1) is 13.7. The summed E-state index contributed by atoms with van der Waals surface area (Å²) in [5.74, 6) is 0.142. The number of thioether (sulfide) groups is 1. The van der Waals surface area contributed by atoms with E-state index >= 15 is 0 Å². The summed E-state index contributed by atoms with van der Waals surface area (Å²) in [5.41, 5.74) is 6.77. The number of nitrogens with two attached hydrogens (primary N) is 1. The number of nitrogen functional groups attached to an aromatic ring is 1. The first-order valence-corrected chi connectivity index (χ1v) is 6.90. The maximum Gasteiger partial charge on any atom is 0.234 e. The van der Waals surface area contributed by atoms with Crippen molar-refractivity contribution in [3.05, 3.63) is 47.6 Å². The summed E-state index contributed by atoms with van der Waals surface area (Å²) in [6, 6.07) is 10.5. The van der Waals surface area contributed by atoms with Crippen LogP contribution in [0.15, 0.2) is 47.6 Å². The highest BCUT2D eigenvalue weighted by molar-refractivity contribution is 7.99. The topological polar surface area (TPSA) is 68.0 Å². The van der Waals surface area contributed by atoms with Crippen LogP contribution in [0.3, 0.4) is 0 Å². The Hall–Kier alpha value is -1.72. The number of nitrogens with one attached hydrogen (secondary N) is 1. The van der Waals surface area contributed by atoms with Crippen LogP contribution >= 0.6 is 23.4 Å². The van der Waals surface area contributed by atoms with Crippen molar-refractivity contribution in [3.63, 3.8) is 0 Å². The number of hydrogen-bond acceptors (Lipinski definition) is 4. The van der Waals surface area contributed by atoms with Gasteiger partial charge in [0.25, 0.3) is 0 Å². The second-order valence-electron chi connectivity index (χ2n) is 3.74. The smallest absolute Gasteiger partial charge is 0.234 e. The minimum Gasteiger partial charge on any atom is -0.397 e. The maximum atomic E-state index is 11.8. The highest BCUT2D eigenvalue weighted by Gasteiger charge is 2.06. The number of nitrogens with zero attached hydrogens (tertiary/aromatic N) is 1. The molecule has 1 aromatic carbocycles. The molecule has 0 atom stereocenters. The standard InChI is InChI=1S/C13H12ClN3OS/c14-9-4-5-11(10(15)7-9)17-12(18)8-19-13-3-1-2-6-16-13/h1-7H,8,15H2,(H,17,18). The zero-order chi connectivity index (χ0) is 13.7. The number of benzene rings is 1. The van der Waals surface area contributed by atoms with Gasteiger partial charge in [-0.15, -0.1) is 0 Å². The molecule has 2 rings (SSSR count). The molecule has 1 heterocycles. The quantitative estimate of drug-likeness (QED) is 0.671. The average molecular weight is 294 g/mol. The molecular weight excluding hydrogens is 282 g/mol. The minimum atomic E-state index is -0.135. The first-order chi connectivity index (χ1) is 9.15. The van der Waals surface area contributed by atoms with Crippen molar-refractivity contribution in [3.8, 4) is 0 Å². The Labute approximate surface area is 120 Å². The van der Waals surface area contributed by atoms with Gasteiger partial charge in [-0.3, -0.25) is 4.79 Å². The Morgan fingerprint density at radius 1 is 1.37 bits per heavy atom. The molecule has 0 bridgehead atoms. The van der Waals surface area contributed by atoms with E-state index in [1.54, 1.807) is 24.4 Å². The normalized spacial score (nSPS) is 10.2. The van der Waals surface area contributed by atoms with Gasteiger partial charge in [0.05, 0.1) is 22.2 Å². The predicted octanol–water partition coefficient (Wildman–Crippen LogP) is 3.05. The fourth-order valence-electron chi connectivity index (χ4n) is 1.41. The maximum absolute atomic E-state index is 11.8. The summed E-state index contributed by atoms with van der Waals surface area (Å²) in [7, 11) is 0. The first-order valence-electron chi connectivity index (χ1n) is 5.54. The van der Waals surface area contributed by atoms with E-state index in [9.17, 15) is 4.79 Å². The third-order valence-corrected chi connectivity index (χ3v) is 3.46. The summed E-state index contributed by atoms with van der Waals surface area (Å²) in [4.78, 5) is 15.9. The Morgan fingerprint density at radius 3 is 2.89 bits per heavy atom. The lowest BCUT2D eigenvalue weighted by molar-refractivity contribution is -0.113. The highest BCUT2D eigenvalue weighted by atomic mass is 35.5. The summed E-state index contributed by atoms with van der Waals surface area (Å²) < 4.78 is 0. The molecule has 6 heteroatoms. The molecule has 0 saturated heterocycles. The van der Waals surface area contributed by atoms with Gasteiger partial charge in [-0.1, -0.05) is 29.4 Å². The predicted molar refractivity (Wildman–Crippen MR) is 79.5 cm³/mol. The molecule has 0 fully saturated rings. The van der Waals surface area contributed by atoms with E-state index in [1.807, 2.05) is 18.2 Å². The number of rotatable bonds is 4. The molecule has 0 spiro atoms. The van der Waals surface area contributed by atoms with E-state index in [2.05, 4.69) is 10.3 Å². The van der Waals surface area contributed by atoms with Gasteiger partial charge in [-0.25, -0.2) is 4.98 Å². The van der Waals surface area contributed by atoms with E-state index in [0.29, 0.717) is 16.4 Å².